The smallest absolute Gasteiger partial charge is 0.223 e. The molecule has 7 heteroatoms. The second kappa shape index (κ2) is 4.55. The number of hydrogen-bond donors (Lipinski definition) is 1. The van der Waals surface area contributed by atoms with Crippen molar-refractivity contribution in [2.75, 3.05) is 5.73 Å². The first kappa shape index (κ1) is 12.0. The Hall–Kier alpha value is -2.08. The highest BCUT2D eigenvalue weighted by Gasteiger charge is 2.11. The first-order valence-corrected chi connectivity index (χ1v) is 6.22. The van der Waals surface area contributed by atoms with Gasteiger partial charge >= 0.3 is 0 Å². The van der Waals surface area contributed by atoms with E-state index in [1.54, 1.807) is 13.0 Å². The van der Waals surface area contributed by atoms with Crippen LogP contribution in [0, 0.1) is 6.92 Å². The molecule has 0 saturated carbocycles. The molecule has 0 fully saturated rings. The summed E-state index contributed by atoms with van der Waals surface area (Å²) in [6.07, 6.45) is 0.625. The molecule has 0 spiro atoms. The maximum absolute atomic E-state index is 6.09. The Bertz CT molecular complexity index is 733. The predicted molar refractivity (Wildman–Crippen MR) is 71.9 cm³/mol. The molecule has 0 atom stereocenters. The van der Waals surface area contributed by atoms with Crippen LogP contribution >= 0.6 is 11.6 Å². The molecule has 0 aliphatic heterocycles. The van der Waals surface area contributed by atoms with Crippen LogP contribution in [0.4, 0.5) is 5.95 Å². The molecular weight excluding hydrogens is 266 g/mol. The number of halogens is 1. The Balaban J connectivity index is 1.92. The Kier molecular flexibility index (Phi) is 2.87. The number of nitrogens with zero attached hydrogens (tertiary/aromatic N) is 4. The molecule has 0 unspecified atom stereocenters. The molecule has 3 aromatic rings. The summed E-state index contributed by atoms with van der Waals surface area (Å²) in [4.78, 5) is 8.43. The normalized spacial score (nSPS) is 11.3. The van der Waals surface area contributed by atoms with Gasteiger partial charge in [0.25, 0.3) is 0 Å². The molecule has 1 aromatic carbocycles. The van der Waals surface area contributed by atoms with E-state index in [0.29, 0.717) is 41.2 Å². The lowest BCUT2D eigenvalue weighted by Crippen LogP contribution is -2.06. The summed E-state index contributed by atoms with van der Waals surface area (Å²) in [5, 5.41) is 4.45. The Morgan fingerprint density at radius 2 is 2.21 bits per heavy atom. The summed E-state index contributed by atoms with van der Waals surface area (Å²) in [6, 6.07) is 5.61. The highest BCUT2D eigenvalue weighted by atomic mass is 35.5. The van der Waals surface area contributed by atoms with Crippen molar-refractivity contribution < 1.29 is 4.52 Å². The Labute approximate surface area is 114 Å². The highest BCUT2D eigenvalue weighted by molar-refractivity contribution is 6.35. The second-order valence-electron chi connectivity index (χ2n) is 4.21. The fourth-order valence-corrected chi connectivity index (χ4v) is 2.23. The molecule has 0 bridgehead atoms. The highest BCUT2D eigenvalue weighted by Crippen LogP contribution is 2.25. The summed E-state index contributed by atoms with van der Waals surface area (Å²) in [5.74, 6) is 1.64. The summed E-state index contributed by atoms with van der Waals surface area (Å²) < 4.78 is 6.83. The Morgan fingerprint density at radius 1 is 1.37 bits per heavy atom. The maximum atomic E-state index is 6.09. The number of aromatic nitrogens is 4. The number of para-hydroxylation sites is 1. The lowest BCUT2D eigenvalue weighted by atomic mass is 10.3. The van der Waals surface area contributed by atoms with Crippen LogP contribution in [-0.4, -0.2) is 19.7 Å². The van der Waals surface area contributed by atoms with Crippen LogP contribution in [0.25, 0.3) is 11.0 Å². The van der Waals surface area contributed by atoms with Crippen molar-refractivity contribution in [3.8, 4) is 0 Å². The number of imidazole rings is 1. The lowest BCUT2D eigenvalue weighted by molar-refractivity contribution is 0.386. The molecule has 0 aliphatic carbocycles. The van der Waals surface area contributed by atoms with E-state index < -0.39 is 0 Å². The monoisotopic (exact) mass is 277 g/mol. The van der Waals surface area contributed by atoms with Gasteiger partial charge in [-0.3, -0.25) is 0 Å². The van der Waals surface area contributed by atoms with Gasteiger partial charge in [-0.2, -0.15) is 4.98 Å². The molecular formula is C12H12ClN5O. The lowest BCUT2D eigenvalue weighted by Gasteiger charge is -2.04. The molecule has 3 rings (SSSR count). The van der Waals surface area contributed by atoms with Gasteiger partial charge in [0.2, 0.25) is 11.8 Å². The van der Waals surface area contributed by atoms with Gasteiger partial charge in [0.05, 0.1) is 10.5 Å². The summed E-state index contributed by atoms with van der Waals surface area (Å²) in [6.45, 7) is 2.39. The maximum Gasteiger partial charge on any atom is 0.223 e. The van der Waals surface area contributed by atoms with Crippen LogP contribution in [0.1, 0.15) is 11.7 Å². The molecule has 0 amide bonds. The quantitative estimate of drug-likeness (QED) is 0.793. The number of aryl methyl sites for hydroxylation is 3. The van der Waals surface area contributed by atoms with E-state index >= 15 is 0 Å². The standard InChI is InChI=1S/C12H12ClN5O/c1-7-15-10(17-19-7)5-6-18-9-4-2-3-8(13)11(9)16-12(18)14/h2-4H,5-6H2,1H3,(H2,14,16). The summed E-state index contributed by atoms with van der Waals surface area (Å²) in [5.41, 5.74) is 7.54. The van der Waals surface area contributed by atoms with Crippen LogP contribution in [0.5, 0.6) is 0 Å². The average molecular weight is 278 g/mol. The van der Waals surface area contributed by atoms with Gasteiger partial charge in [-0.1, -0.05) is 22.8 Å². The minimum absolute atomic E-state index is 0.434. The zero-order valence-corrected chi connectivity index (χ0v) is 11.1. The van der Waals surface area contributed by atoms with Crippen molar-refractivity contribution >= 4 is 28.6 Å². The van der Waals surface area contributed by atoms with Gasteiger partial charge in [0.1, 0.15) is 5.52 Å². The van der Waals surface area contributed by atoms with E-state index in [0.717, 1.165) is 5.52 Å². The second-order valence-corrected chi connectivity index (χ2v) is 4.62. The zero-order valence-electron chi connectivity index (χ0n) is 10.3. The van der Waals surface area contributed by atoms with Gasteiger partial charge in [0, 0.05) is 19.9 Å². The van der Waals surface area contributed by atoms with Crippen LogP contribution in [0.2, 0.25) is 5.02 Å². The fourth-order valence-electron chi connectivity index (χ4n) is 2.02. The number of benzene rings is 1. The molecule has 2 aromatic heterocycles. The molecule has 0 radical (unpaired) electrons. The van der Waals surface area contributed by atoms with Crippen molar-refractivity contribution in [2.24, 2.45) is 0 Å². The van der Waals surface area contributed by atoms with Gasteiger partial charge in [-0.15, -0.1) is 0 Å². The van der Waals surface area contributed by atoms with E-state index in [9.17, 15) is 0 Å². The molecule has 0 saturated heterocycles. The number of anilines is 1. The van der Waals surface area contributed by atoms with Gasteiger partial charge in [-0.05, 0) is 12.1 Å². The van der Waals surface area contributed by atoms with E-state index in [1.807, 2.05) is 16.7 Å². The molecule has 2 N–H and O–H groups in total. The van der Waals surface area contributed by atoms with Crippen molar-refractivity contribution in [3.05, 3.63) is 34.9 Å². The van der Waals surface area contributed by atoms with Crippen molar-refractivity contribution in [3.63, 3.8) is 0 Å². The van der Waals surface area contributed by atoms with Crippen molar-refractivity contribution in [1.82, 2.24) is 19.7 Å². The van der Waals surface area contributed by atoms with Gasteiger partial charge in [0.15, 0.2) is 5.82 Å². The van der Waals surface area contributed by atoms with E-state index in [4.69, 9.17) is 21.9 Å². The molecule has 6 nitrogen and oxygen atoms in total. The number of rotatable bonds is 3. The predicted octanol–water partition coefficient (Wildman–Crippen LogP) is 2.21. The van der Waals surface area contributed by atoms with Gasteiger partial charge < -0.3 is 14.8 Å². The van der Waals surface area contributed by atoms with E-state index in [2.05, 4.69) is 15.1 Å². The topological polar surface area (TPSA) is 82.8 Å². The third-order valence-corrected chi connectivity index (χ3v) is 3.19. The minimum atomic E-state index is 0.434. The first-order chi connectivity index (χ1) is 9.15. The first-order valence-electron chi connectivity index (χ1n) is 5.84. The molecule has 0 aliphatic rings. The molecule has 2 heterocycles. The van der Waals surface area contributed by atoms with Crippen molar-refractivity contribution in [1.29, 1.82) is 0 Å². The fraction of sp³-hybridized carbons (Fsp3) is 0.250. The van der Waals surface area contributed by atoms with E-state index in [1.165, 1.54) is 0 Å². The Morgan fingerprint density at radius 3 is 2.95 bits per heavy atom. The van der Waals surface area contributed by atoms with E-state index in [-0.39, 0.29) is 0 Å². The van der Waals surface area contributed by atoms with Crippen LogP contribution < -0.4 is 5.73 Å². The number of nitrogen functional groups attached to an aromatic ring is 1. The third kappa shape index (κ3) is 2.15. The van der Waals surface area contributed by atoms with Crippen molar-refractivity contribution in [2.45, 2.75) is 19.9 Å². The minimum Gasteiger partial charge on any atom is -0.369 e. The zero-order chi connectivity index (χ0) is 13.4. The van der Waals surface area contributed by atoms with Gasteiger partial charge in [-0.25, -0.2) is 4.98 Å². The molecule has 98 valence electrons. The van der Waals surface area contributed by atoms with Crippen LogP contribution in [0.3, 0.4) is 0 Å². The van der Waals surface area contributed by atoms with Crippen LogP contribution in [0.15, 0.2) is 22.7 Å². The summed E-state index contributed by atoms with van der Waals surface area (Å²) in [7, 11) is 0. The number of hydrogen-bond acceptors (Lipinski definition) is 5. The molecule has 19 heavy (non-hydrogen) atoms. The SMILES string of the molecule is Cc1nc(CCn2c(N)nc3c(Cl)cccc32)no1. The largest absolute Gasteiger partial charge is 0.369 e. The summed E-state index contributed by atoms with van der Waals surface area (Å²) >= 11 is 6.09. The third-order valence-electron chi connectivity index (χ3n) is 2.89. The number of fused-ring (bicyclic) bond motifs is 1. The van der Waals surface area contributed by atoms with Crippen LogP contribution in [-0.2, 0) is 13.0 Å². The average Bonchev–Trinajstić information content (AvgIpc) is 2.92. The number of nitrogens with two attached hydrogens (primary N) is 1.